The van der Waals surface area contributed by atoms with E-state index in [0.717, 1.165) is 35.2 Å². The minimum absolute atomic E-state index is 0.129. The van der Waals surface area contributed by atoms with Crippen molar-refractivity contribution in [3.8, 4) is 0 Å². The van der Waals surface area contributed by atoms with Crippen LogP contribution < -0.4 is 10.9 Å². The lowest BCUT2D eigenvalue weighted by atomic mass is 10.1. The first kappa shape index (κ1) is 17.3. The van der Waals surface area contributed by atoms with E-state index in [1.54, 1.807) is 11.0 Å². The van der Waals surface area contributed by atoms with Crippen molar-refractivity contribution in [2.75, 3.05) is 11.9 Å². The van der Waals surface area contributed by atoms with Gasteiger partial charge >= 0.3 is 11.7 Å². The summed E-state index contributed by atoms with van der Waals surface area (Å²) in [5, 5.41) is 10.9. The first-order valence-electron chi connectivity index (χ1n) is 8.94. The average Bonchev–Trinajstić information content (AvgIpc) is 3.24. The zero-order valence-corrected chi connectivity index (χ0v) is 15.5. The number of urea groups is 1. The number of fused-ring (bicyclic) bond motifs is 1. The maximum atomic E-state index is 12.9. The summed E-state index contributed by atoms with van der Waals surface area (Å²) in [7, 11) is 0. The molecule has 0 unspecified atom stereocenters. The van der Waals surface area contributed by atoms with Gasteiger partial charge in [-0.3, -0.25) is 5.10 Å². The number of hydrogen-bond acceptors (Lipinski definition) is 5. The Hall–Kier alpha value is -3.16. The molecule has 2 amide bonds. The molecule has 1 atom stereocenters. The molecule has 4 rings (SSSR count). The standard InChI is InChI=1S/C19H21N5O3/c1-10-8-17(25)27-16-7-11(2)14(9-13(10)16)21-19(26)24-6-4-5-15(24)18-20-12(3)22-23-18/h7-9,15H,4-6H2,1-3H3,(H,21,26)(H,20,22,23)/t15-/m0/s1. The van der Waals surface area contributed by atoms with Crippen molar-refractivity contribution in [2.24, 2.45) is 0 Å². The van der Waals surface area contributed by atoms with Gasteiger partial charge in [-0.25, -0.2) is 14.6 Å². The molecule has 1 saturated heterocycles. The Morgan fingerprint density at radius 3 is 2.81 bits per heavy atom. The zero-order valence-electron chi connectivity index (χ0n) is 15.5. The Balaban J connectivity index is 1.62. The Labute approximate surface area is 155 Å². The Bertz CT molecular complexity index is 1080. The van der Waals surface area contributed by atoms with Crippen LogP contribution in [0.1, 0.15) is 41.7 Å². The lowest BCUT2D eigenvalue weighted by molar-refractivity contribution is 0.205. The third-order valence-corrected chi connectivity index (χ3v) is 4.96. The maximum absolute atomic E-state index is 12.9. The normalized spacial score (nSPS) is 16.9. The van der Waals surface area contributed by atoms with Gasteiger partial charge in [-0.1, -0.05) is 0 Å². The van der Waals surface area contributed by atoms with E-state index in [0.29, 0.717) is 23.6 Å². The molecule has 1 aliphatic heterocycles. The number of rotatable bonds is 2. The van der Waals surface area contributed by atoms with Crippen molar-refractivity contribution in [3.05, 3.63) is 51.4 Å². The van der Waals surface area contributed by atoms with E-state index < -0.39 is 0 Å². The summed E-state index contributed by atoms with van der Waals surface area (Å²) in [5.41, 5.74) is 2.48. The summed E-state index contributed by atoms with van der Waals surface area (Å²) in [5.74, 6) is 1.38. The van der Waals surface area contributed by atoms with Gasteiger partial charge in [0.2, 0.25) is 0 Å². The van der Waals surface area contributed by atoms with E-state index in [1.165, 1.54) is 6.07 Å². The Morgan fingerprint density at radius 1 is 1.26 bits per heavy atom. The molecular formula is C19H21N5O3. The summed E-state index contributed by atoms with van der Waals surface area (Å²) in [6.07, 6.45) is 1.75. The van der Waals surface area contributed by atoms with Gasteiger partial charge < -0.3 is 14.6 Å². The maximum Gasteiger partial charge on any atom is 0.336 e. The van der Waals surface area contributed by atoms with Crippen molar-refractivity contribution in [2.45, 2.75) is 39.7 Å². The van der Waals surface area contributed by atoms with Crippen LogP contribution in [0.2, 0.25) is 0 Å². The fourth-order valence-electron chi connectivity index (χ4n) is 3.58. The second-order valence-electron chi connectivity index (χ2n) is 6.97. The summed E-state index contributed by atoms with van der Waals surface area (Å²) >= 11 is 0. The summed E-state index contributed by atoms with van der Waals surface area (Å²) in [4.78, 5) is 30.6. The summed E-state index contributed by atoms with van der Waals surface area (Å²) < 4.78 is 5.26. The molecule has 1 aromatic carbocycles. The molecule has 0 spiro atoms. The molecule has 8 heteroatoms. The monoisotopic (exact) mass is 367 g/mol. The molecule has 2 aromatic heterocycles. The van der Waals surface area contributed by atoms with E-state index in [2.05, 4.69) is 20.5 Å². The molecule has 0 bridgehead atoms. The molecule has 0 radical (unpaired) electrons. The highest BCUT2D eigenvalue weighted by Gasteiger charge is 2.32. The fraction of sp³-hybridized carbons (Fsp3) is 0.368. The number of hydrogen-bond donors (Lipinski definition) is 2. The molecule has 3 heterocycles. The van der Waals surface area contributed by atoms with Crippen LogP contribution in [-0.4, -0.2) is 32.7 Å². The van der Waals surface area contributed by atoms with Gasteiger partial charge in [0, 0.05) is 23.7 Å². The number of anilines is 1. The van der Waals surface area contributed by atoms with Crippen molar-refractivity contribution >= 4 is 22.7 Å². The summed E-state index contributed by atoms with van der Waals surface area (Å²) in [6.45, 7) is 6.22. The lowest BCUT2D eigenvalue weighted by Gasteiger charge is -2.23. The van der Waals surface area contributed by atoms with Crippen molar-refractivity contribution in [3.63, 3.8) is 0 Å². The van der Waals surface area contributed by atoms with E-state index in [1.807, 2.05) is 26.8 Å². The second-order valence-corrected chi connectivity index (χ2v) is 6.97. The van der Waals surface area contributed by atoms with Gasteiger partial charge in [0.15, 0.2) is 5.82 Å². The quantitative estimate of drug-likeness (QED) is 0.677. The number of H-pyrrole nitrogens is 1. The molecule has 0 saturated carbocycles. The van der Waals surface area contributed by atoms with Gasteiger partial charge in [-0.05, 0) is 56.9 Å². The topological polar surface area (TPSA) is 104 Å². The number of aromatic nitrogens is 3. The number of aromatic amines is 1. The molecule has 140 valence electrons. The van der Waals surface area contributed by atoms with Crippen molar-refractivity contribution < 1.29 is 9.21 Å². The third-order valence-electron chi connectivity index (χ3n) is 4.96. The highest BCUT2D eigenvalue weighted by atomic mass is 16.4. The largest absolute Gasteiger partial charge is 0.423 e. The van der Waals surface area contributed by atoms with Gasteiger partial charge in [-0.2, -0.15) is 5.10 Å². The minimum atomic E-state index is -0.377. The predicted octanol–water partition coefficient (Wildman–Crippen LogP) is 3.21. The van der Waals surface area contributed by atoms with E-state index in [4.69, 9.17) is 4.42 Å². The molecular weight excluding hydrogens is 346 g/mol. The van der Waals surface area contributed by atoms with Crippen LogP contribution in [0.25, 0.3) is 11.0 Å². The van der Waals surface area contributed by atoms with Crippen LogP contribution in [0.4, 0.5) is 10.5 Å². The first-order chi connectivity index (χ1) is 12.9. The molecule has 1 fully saturated rings. The van der Waals surface area contributed by atoms with Gasteiger partial charge in [0.1, 0.15) is 11.4 Å². The zero-order chi connectivity index (χ0) is 19.1. The minimum Gasteiger partial charge on any atom is -0.423 e. The third kappa shape index (κ3) is 3.18. The second kappa shape index (κ2) is 6.53. The van der Waals surface area contributed by atoms with Crippen LogP contribution in [0.15, 0.2) is 27.4 Å². The van der Waals surface area contributed by atoms with Crippen molar-refractivity contribution in [1.82, 2.24) is 20.1 Å². The number of likely N-dealkylation sites (tertiary alicyclic amines) is 1. The van der Waals surface area contributed by atoms with Crippen LogP contribution in [-0.2, 0) is 0 Å². The fourth-order valence-corrected chi connectivity index (χ4v) is 3.58. The number of carbonyl (C=O) groups is 1. The molecule has 1 aliphatic rings. The average molecular weight is 367 g/mol. The smallest absolute Gasteiger partial charge is 0.336 e. The van der Waals surface area contributed by atoms with Gasteiger partial charge in [0.05, 0.1) is 6.04 Å². The molecule has 2 N–H and O–H groups in total. The lowest BCUT2D eigenvalue weighted by Crippen LogP contribution is -2.35. The molecule has 27 heavy (non-hydrogen) atoms. The number of benzene rings is 1. The Kier molecular flexibility index (Phi) is 4.18. The number of amides is 2. The number of aryl methyl sites for hydroxylation is 3. The van der Waals surface area contributed by atoms with E-state index in [9.17, 15) is 9.59 Å². The highest BCUT2D eigenvalue weighted by Crippen LogP contribution is 2.31. The number of nitrogens with zero attached hydrogens (tertiary/aromatic N) is 3. The van der Waals surface area contributed by atoms with Crippen LogP contribution in [0.3, 0.4) is 0 Å². The first-order valence-corrected chi connectivity index (χ1v) is 8.94. The van der Waals surface area contributed by atoms with Crippen LogP contribution >= 0.6 is 0 Å². The van der Waals surface area contributed by atoms with Crippen LogP contribution in [0, 0.1) is 20.8 Å². The van der Waals surface area contributed by atoms with Gasteiger partial charge in [-0.15, -0.1) is 0 Å². The van der Waals surface area contributed by atoms with Crippen molar-refractivity contribution in [1.29, 1.82) is 0 Å². The molecule has 8 nitrogen and oxygen atoms in total. The van der Waals surface area contributed by atoms with E-state index >= 15 is 0 Å². The number of nitrogens with one attached hydrogen (secondary N) is 2. The number of carbonyl (C=O) groups excluding carboxylic acids is 1. The van der Waals surface area contributed by atoms with E-state index in [-0.39, 0.29) is 17.7 Å². The summed E-state index contributed by atoms with van der Waals surface area (Å²) in [6, 6.07) is 4.76. The highest BCUT2D eigenvalue weighted by molar-refractivity contribution is 5.94. The molecule has 0 aliphatic carbocycles. The predicted molar refractivity (Wildman–Crippen MR) is 101 cm³/mol. The molecule has 3 aromatic rings. The van der Waals surface area contributed by atoms with Crippen LogP contribution in [0.5, 0.6) is 0 Å². The Morgan fingerprint density at radius 2 is 2.07 bits per heavy atom. The van der Waals surface area contributed by atoms with Gasteiger partial charge in [0.25, 0.3) is 0 Å². The SMILES string of the molecule is Cc1nc([C@@H]2CCCN2C(=O)Nc2cc3c(C)cc(=O)oc3cc2C)n[nH]1.